The highest BCUT2D eigenvalue weighted by atomic mass is 16.5. The maximum Gasteiger partial charge on any atom is 0.0880 e. The van der Waals surface area contributed by atoms with E-state index in [2.05, 4.69) is 17.1 Å². The maximum atomic E-state index is 5.79. The highest BCUT2D eigenvalue weighted by Gasteiger charge is 2.12. The fourth-order valence-electron chi connectivity index (χ4n) is 1.85. The van der Waals surface area contributed by atoms with Crippen molar-refractivity contribution in [2.45, 2.75) is 19.4 Å². The van der Waals surface area contributed by atoms with Gasteiger partial charge in [0.25, 0.3) is 0 Å². The second-order valence-corrected chi connectivity index (χ2v) is 3.88. The molecule has 0 N–H and O–H groups in total. The van der Waals surface area contributed by atoms with E-state index >= 15 is 0 Å². The van der Waals surface area contributed by atoms with Crippen LogP contribution in [-0.2, 0) is 11.2 Å². The van der Waals surface area contributed by atoms with E-state index in [4.69, 9.17) is 4.74 Å². The minimum absolute atomic E-state index is 0.0936. The van der Waals surface area contributed by atoms with Gasteiger partial charge in [-0.3, -0.25) is 4.98 Å². The predicted molar refractivity (Wildman–Crippen MR) is 68.8 cm³/mol. The Bertz CT molecular complexity index is 427. The van der Waals surface area contributed by atoms with Crippen molar-refractivity contribution in [1.29, 1.82) is 0 Å². The lowest BCUT2D eigenvalue weighted by atomic mass is 10.0. The summed E-state index contributed by atoms with van der Waals surface area (Å²) in [6, 6.07) is 16.3. The van der Waals surface area contributed by atoms with Crippen molar-refractivity contribution >= 4 is 0 Å². The van der Waals surface area contributed by atoms with E-state index < -0.39 is 0 Å². The first-order chi connectivity index (χ1) is 8.40. The monoisotopic (exact) mass is 227 g/mol. The molecule has 0 spiro atoms. The topological polar surface area (TPSA) is 22.1 Å². The quantitative estimate of drug-likeness (QED) is 0.781. The number of aromatic nitrogens is 1. The molecule has 0 saturated carbocycles. The molecule has 1 heterocycles. The van der Waals surface area contributed by atoms with E-state index in [0.717, 1.165) is 12.1 Å². The van der Waals surface area contributed by atoms with Crippen molar-refractivity contribution in [3.63, 3.8) is 0 Å². The van der Waals surface area contributed by atoms with E-state index in [0.29, 0.717) is 6.61 Å². The van der Waals surface area contributed by atoms with Crippen molar-refractivity contribution in [2.24, 2.45) is 0 Å². The fourth-order valence-corrected chi connectivity index (χ4v) is 1.85. The first-order valence-corrected chi connectivity index (χ1v) is 5.96. The zero-order chi connectivity index (χ0) is 11.9. The van der Waals surface area contributed by atoms with E-state index in [-0.39, 0.29) is 6.10 Å². The summed E-state index contributed by atoms with van der Waals surface area (Å²) in [4.78, 5) is 4.35. The average molecular weight is 227 g/mol. The van der Waals surface area contributed by atoms with Crippen LogP contribution in [0, 0.1) is 0 Å². The maximum absolute atomic E-state index is 5.79. The number of nitrogens with zero attached hydrogens (tertiary/aromatic N) is 1. The molecular formula is C15H17NO. The van der Waals surface area contributed by atoms with Crippen molar-refractivity contribution in [3.8, 4) is 0 Å². The Labute approximate surface area is 102 Å². The van der Waals surface area contributed by atoms with Crippen LogP contribution >= 0.6 is 0 Å². The summed E-state index contributed by atoms with van der Waals surface area (Å²) in [6.07, 6.45) is 2.73. The molecule has 2 nitrogen and oxygen atoms in total. The molecule has 88 valence electrons. The van der Waals surface area contributed by atoms with Crippen LogP contribution in [0.25, 0.3) is 0 Å². The summed E-state index contributed by atoms with van der Waals surface area (Å²) < 4.78 is 5.79. The van der Waals surface area contributed by atoms with Gasteiger partial charge in [-0.1, -0.05) is 36.4 Å². The third-order valence-corrected chi connectivity index (χ3v) is 2.66. The normalized spacial score (nSPS) is 12.3. The molecule has 2 rings (SSSR count). The molecule has 1 atom stereocenters. The number of rotatable bonds is 5. The Morgan fingerprint density at radius 1 is 1.06 bits per heavy atom. The minimum Gasteiger partial charge on any atom is -0.373 e. The number of hydrogen-bond donors (Lipinski definition) is 0. The molecule has 0 fully saturated rings. The van der Waals surface area contributed by atoms with Gasteiger partial charge in [0.15, 0.2) is 0 Å². The van der Waals surface area contributed by atoms with Crippen LogP contribution in [0.5, 0.6) is 0 Å². The third-order valence-electron chi connectivity index (χ3n) is 2.66. The number of ether oxygens (including phenoxy) is 1. The Balaban J connectivity index is 2.13. The van der Waals surface area contributed by atoms with Crippen molar-refractivity contribution < 1.29 is 4.74 Å². The second kappa shape index (κ2) is 6.16. The summed E-state index contributed by atoms with van der Waals surface area (Å²) in [5, 5.41) is 0. The molecule has 1 unspecified atom stereocenters. The van der Waals surface area contributed by atoms with Crippen molar-refractivity contribution in [2.75, 3.05) is 6.61 Å². The van der Waals surface area contributed by atoms with Gasteiger partial charge in [-0.25, -0.2) is 0 Å². The number of benzene rings is 1. The number of hydrogen-bond acceptors (Lipinski definition) is 2. The molecule has 0 amide bonds. The third kappa shape index (κ3) is 3.40. The summed E-state index contributed by atoms with van der Waals surface area (Å²) in [5.41, 5.74) is 2.27. The second-order valence-electron chi connectivity index (χ2n) is 3.88. The Kier molecular flexibility index (Phi) is 4.28. The highest BCUT2D eigenvalue weighted by molar-refractivity contribution is 5.19. The van der Waals surface area contributed by atoms with Crippen molar-refractivity contribution in [3.05, 3.63) is 66.0 Å². The molecular weight excluding hydrogens is 210 g/mol. The van der Waals surface area contributed by atoms with E-state index in [1.165, 1.54) is 5.56 Å². The molecule has 0 radical (unpaired) electrons. The van der Waals surface area contributed by atoms with Crippen LogP contribution in [0.1, 0.15) is 24.3 Å². The first kappa shape index (κ1) is 11.8. The smallest absolute Gasteiger partial charge is 0.0880 e. The predicted octanol–water partition coefficient (Wildman–Crippen LogP) is 3.40. The number of pyridine rings is 1. The molecule has 1 aromatic heterocycles. The minimum atomic E-state index is 0.0936. The lowest BCUT2D eigenvalue weighted by Gasteiger charge is -2.17. The molecule has 2 aromatic rings. The van der Waals surface area contributed by atoms with Gasteiger partial charge in [-0.2, -0.15) is 0 Å². The largest absolute Gasteiger partial charge is 0.373 e. The first-order valence-electron chi connectivity index (χ1n) is 5.96. The molecule has 17 heavy (non-hydrogen) atoms. The van der Waals surface area contributed by atoms with Gasteiger partial charge >= 0.3 is 0 Å². The zero-order valence-corrected chi connectivity index (χ0v) is 10.0. The average Bonchev–Trinajstić information content (AvgIpc) is 2.40. The molecule has 1 aromatic carbocycles. The van der Waals surface area contributed by atoms with Crippen LogP contribution in [0.2, 0.25) is 0 Å². The van der Waals surface area contributed by atoms with E-state index in [1.54, 1.807) is 0 Å². The van der Waals surface area contributed by atoms with Crippen molar-refractivity contribution in [1.82, 2.24) is 4.98 Å². The summed E-state index contributed by atoms with van der Waals surface area (Å²) in [6.45, 7) is 2.74. The van der Waals surface area contributed by atoms with Crippen LogP contribution < -0.4 is 0 Å². The van der Waals surface area contributed by atoms with Gasteiger partial charge in [-0.15, -0.1) is 0 Å². The summed E-state index contributed by atoms with van der Waals surface area (Å²) >= 11 is 0. The van der Waals surface area contributed by atoms with Gasteiger partial charge in [-0.05, 0) is 24.6 Å². The molecule has 0 saturated heterocycles. The Hall–Kier alpha value is -1.67. The lowest BCUT2D eigenvalue weighted by molar-refractivity contribution is 0.0621. The molecule has 2 heteroatoms. The summed E-state index contributed by atoms with van der Waals surface area (Å²) in [5.74, 6) is 0. The molecule has 0 aliphatic heterocycles. The zero-order valence-electron chi connectivity index (χ0n) is 10.0. The standard InChI is InChI=1S/C15H17NO/c1-2-17-15(13-8-4-3-5-9-13)12-14-10-6-7-11-16-14/h3-11,15H,2,12H2,1H3. The molecule has 0 aliphatic carbocycles. The van der Waals surface area contributed by atoms with Crippen LogP contribution in [0.3, 0.4) is 0 Å². The SMILES string of the molecule is CCOC(Cc1ccccn1)c1ccccc1. The van der Waals surface area contributed by atoms with Gasteiger partial charge in [0.2, 0.25) is 0 Å². The Morgan fingerprint density at radius 3 is 2.47 bits per heavy atom. The molecule has 0 bridgehead atoms. The fraction of sp³-hybridized carbons (Fsp3) is 0.267. The van der Waals surface area contributed by atoms with Crippen LogP contribution in [-0.4, -0.2) is 11.6 Å². The van der Waals surface area contributed by atoms with Gasteiger partial charge in [0, 0.05) is 24.9 Å². The van der Waals surface area contributed by atoms with E-state index in [9.17, 15) is 0 Å². The van der Waals surface area contributed by atoms with Crippen LogP contribution in [0.15, 0.2) is 54.7 Å². The van der Waals surface area contributed by atoms with Gasteiger partial charge in [0.1, 0.15) is 0 Å². The summed E-state index contributed by atoms with van der Waals surface area (Å²) in [7, 11) is 0. The van der Waals surface area contributed by atoms with Gasteiger partial charge < -0.3 is 4.74 Å². The molecule has 0 aliphatic rings. The Morgan fingerprint density at radius 2 is 1.82 bits per heavy atom. The van der Waals surface area contributed by atoms with Gasteiger partial charge in [0.05, 0.1) is 6.10 Å². The van der Waals surface area contributed by atoms with Crippen LogP contribution in [0.4, 0.5) is 0 Å². The van der Waals surface area contributed by atoms with E-state index in [1.807, 2.05) is 49.5 Å². The highest BCUT2D eigenvalue weighted by Crippen LogP contribution is 2.21. The lowest BCUT2D eigenvalue weighted by Crippen LogP contribution is -2.08.